The Labute approximate surface area is 103 Å². The van der Waals surface area contributed by atoms with Crippen molar-refractivity contribution in [3.8, 4) is 0 Å². The van der Waals surface area contributed by atoms with Crippen LogP contribution in [0.4, 0.5) is 0 Å². The predicted octanol–water partition coefficient (Wildman–Crippen LogP) is 3.50. The van der Waals surface area contributed by atoms with Crippen LogP contribution in [-0.4, -0.2) is 11.1 Å². The summed E-state index contributed by atoms with van der Waals surface area (Å²) in [5, 5.41) is 9.00. The van der Waals surface area contributed by atoms with Gasteiger partial charge in [-0.05, 0) is 37.0 Å². The quantitative estimate of drug-likeness (QED) is 0.900. The molecule has 0 aromatic heterocycles. The Balaban J connectivity index is 2.41. The summed E-state index contributed by atoms with van der Waals surface area (Å²) in [6, 6.07) is 6.10. The average Bonchev–Trinajstić information content (AvgIpc) is 2.28. The van der Waals surface area contributed by atoms with Gasteiger partial charge in [0.1, 0.15) is 0 Å². The molecule has 0 heterocycles. The van der Waals surface area contributed by atoms with E-state index in [2.05, 4.69) is 22.0 Å². The van der Waals surface area contributed by atoms with Crippen LogP contribution in [0.3, 0.4) is 0 Å². The molecule has 0 saturated heterocycles. The van der Waals surface area contributed by atoms with Gasteiger partial charge in [0, 0.05) is 4.47 Å². The summed E-state index contributed by atoms with van der Waals surface area (Å²) >= 11 is 3.50. The molecule has 1 unspecified atom stereocenters. The second-order valence-electron chi connectivity index (χ2n) is 4.09. The standard InChI is InChI=1S/C13H13BrO2/c1-8(13(15)16)10-6-5-9-3-2-4-12(14)11(9)7-10/h2-4,7-8H,5-6H2,1H3,(H,15,16). The van der Waals surface area contributed by atoms with Gasteiger partial charge in [-0.2, -0.15) is 0 Å². The number of carboxylic acid groups (broad SMARTS) is 1. The third-order valence-electron chi connectivity index (χ3n) is 3.08. The van der Waals surface area contributed by atoms with Crippen LogP contribution in [0.15, 0.2) is 28.2 Å². The third-order valence-corrected chi connectivity index (χ3v) is 3.77. The fourth-order valence-electron chi connectivity index (χ4n) is 2.00. The normalized spacial score (nSPS) is 16.2. The number of carboxylic acids is 1. The summed E-state index contributed by atoms with van der Waals surface area (Å²) in [5.41, 5.74) is 3.43. The Morgan fingerprint density at radius 3 is 2.88 bits per heavy atom. The zero-order chi connectivity index (χ0) is 11.7. The Bertz CT molecular complexity index is 463. The largest absolute Gasteiger partial charge is 0.481 e. The van der Waals surface area contributed by atoms with Gasteiger partial charge in [0.2, 0.25) is 0 Å². The van der Waals surface area contributed by atoms with Crippen LogP contribution in [-0.2, 0) is 11.2 Å². The molecule has 1 atom stereocenters. The number of fused-ring (bicyclic) bond motifs is 1. The summed E-state index contributed by atoms with van der Waals surface area (Å²) in [6.45, 7) is 1.75. The molecule has 0 fully saturated rings. The van der Waals surface area contributed by atoms with Crippen LogP contribution in [0, 0.1) is 5.92 Å². The van der Waals surface area contributed by atoms with Crippen molar-refractivity contribution >= 4 is 28.0 Å². The summed E-state index contributed by atoms with van der Waals surface area (Å²) in [6.07, 6.45) is 3.79. The first-order chi connectivity index (χ1) is 7.59. The Kier molecular flexibility index (Phi) is 3.15. The number of aryl methyl sites for hydroxylation is 1. The number of benzene rings is 1. The second kappa shape index (κ2) is 4.42. The predicted molar refractivity (Wildman–Crippen MR) is 67.2 cm³/mol. The van der Waals surface area contributed by atoms with Crippen molar-refractivity contribution in [1.29, 1.82) is 0 Å². The molecule has 0 radical (unpaired) electrons. The van der Waals surface area contributed by atoms with Crippen molar-refractivity contribution in [3.05, 3.63) is 39.4 Å². The molecule has 0 amide bonds. The molecule has 2 nitrogen and oxygen atoms in total. The molecule has 1 aliphatic rings. The van der Waals surface area contributed by atoms with Crippen molar-refractivity contribution in [1.82, 2.24) is 0 Å². The number of carbonyl (C=O) groups is 1. The Morgan fingerprint density at radius 2 is 2.19 bits per heavy atom. The molecule has 0 aliphatic heterocycles. The molecular formula is C13H13BrO2. The SMILES string of the molecule is CC(C(=O)O)C1=Cc2c(Br)cccc2CC1. The molecule has 3 heteroatoms. The van der Waals surface area contributed by atoms with Crippen LogP contribution in [0.25, 0.3) is 6.08 Å². The minimum absolute atomic E-state index is 0.389. The summed E-state index contributed by atoms with van der Waals surface area (Å²) in [4.78, 5) is 10.9. The van der Waals surface area contributed by atoms with E-state index in [4.69, 9.17) is 5.11 Å². The number of rotatable bonds is 2. The first-order valence-corrected chi connectivity index (χ1v) is 6.09. The molecule has 2 rings (SSSR count). The van der Waals surface area contributed by atoms with E-state index in [0.717, 1.165) is 28.5 Å². The topological polar surface area (TPSA) is 37.3 Å². The maximum atomic E-state index is 10.9. The van der Waals surface area contributed by atoms with Crippen LogP contribution in [0.5, 0.6) is 0 Å². The van der Waals surface area contributed by atoms with Crippen LogP contribution < -0.4 is 0 Å². The van der Waals surface area contributed by atoms with Crippen LogP contribution in [0.2, 0.25) is 0 Å². The molecular weight excluding hydrogens is 268 g/mol. The molecule has 0 bridgehead atoms. The molecule has 1 aromatic rings. The lowest BCUT2D eigenvalue weighted by Gasteiger charge is -2.20. The molecule has 0 spiro atoms. The number of hydrogen-bond donors (Lipinski definition) is 1. The van der Waals surface area contributed by atoms with E-state index in [1.54, 1.807) is 6.92 Å². The van der Waals surface area contributed by atoms with Crippen molar-refractivity contribution in [3.63, 3.8) is 0 Å². The van der Waals surface area contributed by atoms with E-state index in [-0.39, 0.29) is 5.92 Å². The van der Waals surface area contributed by atoms with Crippen LogP contribution in [0.1, 0.15) is 24.5 Å². The fourth-order valence-corrected chi connectivity index (χ4v) is 2.52. The minimum atomic E-state index is -0.748. The van der Waals surface area contributed by atoms with Crippen LogP contribution >= 0.6 is 15.9 Å². The number of aliphatic carboxylic acids is 1. The van der Waals surface area contributed by atoms with Gasteiger partial charge in [-0.15, -0.1) is 0 Å². The lowest BCUT2D eigenvalue weighted by Crippen LogP contribution is -2.15. The summed E-state index contributed by atoms with van der Waals surface area (Å²) in [7, 11) is 0. The van der Waals surface area contributed by atoms with Gasteiger partial charge in [-0.25, -0.2) is 0 Å². The molecule has 1 aromatic carbocycles. The first-order valence-electron chi connectivity index (χ1n) is 5.30. The van der Waals surface area contributed by atoms with E-state index < -0.39 is 5.97 Å². The number of halogens is 1. The highest BCUT2D eigenvalue weighted by Gasteiger charge is 2.20. The Hall–Kier alpha value is -1.09. The van der Waals surface area contributed by atoms with Gasteiger partial charge in [0.25, 0.3) is 0 Å². The molecule has 84 valence electrons. The number of hydrogen-bond acceptors (Lipinski definition) is 1. The van der Waals surface area contributed by atoms with E-state index >= 15 is 0 Å². The highest BCUT2D eigenvalue weighted by Crippen LogP contribution is 2.32. The summed E-state index contributed by atoms with van der Waals surface area (Å²) < 4.78 is 1.04. The van der Waals surface area contributed by atoms with Crippen molar-refractivity contribution in [2.45, 2.75) is 19.8 Å². The second-order valence-corrected chi connectivity index (χ2v) is 4.95. The van der Waals surface area contributed by atoms with Gasteiger partial charge in [-0.3, -0.25) is 4.79 Å². The van der Waals surface area contributed by atoms with Gasteiger partial charge in [0.15, 0.2) is 0 Å². The zero-order valence-corrected chi connectivity index (χ0v) is 10.6. The van der Waals surface area contributed by atoms with Gasteiger partial charge < -0.3 is 5.11 Å². The molecule has 0 saturated carbocycles. The minimum Gasteiger partial charge on any atom is -0.481 e. The molecule has 1 aliphatic carbocycles. The third kappa shape index (κ3) is 2.05. The average molecular weight is 281 g/mol. The van der Waals surface area contributed by atoms with Gasteiger partial charge >= 0.3 is 5.97 Å². The van der Waals surface area contributed by atoms with E-state index in [9.17, 15) is 4.79 Å². The van der Waals surface area contributed by atoms with E-state index in [1.807, 2.05) is 18.2 Å². The fraction of sp³-hybridized carbons (Fsp3) is 0.308. The maximum absolute atomic E-state index is 10.9. The highest BCUT2D eigenvalue weighted by atomic mass is 79.9. The van der Waals surface area contributed by atoms with Gasteiger partial charge in [-0.1, -0.05) is 39.7 Å². The molecule has 1 N–H and O–H groups in total. The first kappa shape index (κ1) is 11.4. The lowest BCUT2D eigenvalue weighted by molar-refractivity contribution is -0.139. The van der Waals surface area contributed by atoms with E-state index in [1.165, 1.54) is 5.56 Å². The van der Waals surface area contributed by atoms with Crippen molar-refractivity contribution in [2.75, 3.05) is 0 Å². The smallest absolute Gasteiger partial charge is 0.310 e. The van der Waals surface area contributed by atoms with Crippen molar-refractivity contribution in [2.24, 2.45) is 5.92 Å². The summed E-state index contributed by atoms with van der Waals surface area (Å²) in [5.74, 6) is -1.14. The lowest BCUT2D eigenvalue weighted by atomic mass is 9.86. The highest BCUT2D eigenvalue weighted by molar-refractivity contribution is 9.10. The van der Waals surface area contributed by atoms with Crippen molar-refractivity contribution < 1.29 is 9.90 Å². The van der Waals surface area contributed by atoms with E-state index in [0.29, 0.717) is 0 Å². The maximum Gasteiger partial charge on any atom is 0.310 e. The monoisotopic (exact) mass is 280 g/mol. The molecule has 16 heavy (non-hydrogen) atoms. The van der Waals surface area contributed by atoms with Gasteiger partial charge in [0.05, 0.1) is 5.92 Å². The Morgan fingerprint density at radius 1 is 1.44 bits per heavy atom. The zero-order valence-electron chi connectivity index (χ0n) is 9.03.